The summed E-state index contributed by atoms with van der Waals surface area (Å²) in [6.07, 6.45) is -0.760. The van der Waals surface area contributed by atoms with Crippen molar-refractivity contribution in [2.45, 2.75) is 25.5 Å². The van der Waals surface area contributed by atoms with Crippen LogP contribution in [0.3, 0.4) is 0 Å². The predicted octanol–water partition coefficient (Wildman–Crippen LogP) is 3.11. The fraction of sp³-hybridized carbons (Fsp3) is 0.400. The van der Waals surface area contributed by atoms with E-state index in [1.165, 1.54) is 6.07 Å². The van der Waals surface area contributed by atoms with Crippen LogP contribution in [0.15, 0.2) is 29.1 Å². The van der Waals surface area contributed by atoms with E-state index in [4.69, 9.17) is 9.84 Å². The molecule has 1 aromatic carbocycles. The summed E-state index contributed by atoms with van der Waals surface area (Å²) in [6, 6.07) is 7.94. The monoisotopic (exact) mass is 421 g/mol. The molecule has 0 spiro atoms. The molecule has 2 aliphatic heterocycles. The Kier molecular flexibility index (Phi) is 5.77. The van der Waals surface area contributed by atoms with E-state index in [-0.39, 0.29) is 24.3 Å². The second-order valence-corrected chi connectivity index (χ2v) is 7.45. The van der Waals surface area contributed by atoms with Gasteiger partial charge in [-0.1, -0.05) is 0 Å². The van der Waals surface area contributed by atoms with E-state index in [1.807, 2.05) is 25.1 Å². The van der Waals surface area contributed by atoms with E-state index in [1.54, 1.807) is 0 Å². The predicted molar refractivity (Wildman–Crippen MR) is 112 cm³/mol. The van der Waals surface area contributed by atoms with Crippen LogP contribution in [0.4, 0.5) is 10.5 Å². The van der Waals surface area contributed by atoms with Gasteiger partial charge in [-0.05, 0) is 45.6 Å². The number of hydrogen-bond acceptors (Lipinski definition) is 6. The van der Waals surface area contributed by atoms with Crippen LogP contribution in [-0.2, 0) is 0 Å². The third kappa shape index (κ3) is 3.90. The van der Waals surface area contributed by atoms with Gasteiger partial charge in [-0.3, -0.25) is 4.79 Å². The molecule has 0 amide bonds. The Labute approximate surface area is 174 Å². The number of carboxylic acid groups (broad SMARTS) is 1. The molecule has 2 N–H and O–H groups in total. The number of aromatic nitrogens is 1. The maximum atomic E-state index is 12.2. The van der Waals surface area contributed by atoms with Gasteiger partial charge in [0.25, 0.3) is 5.56 Å². The van der Waals surface area contributed by atoms with Gasteiger partial charge in [-0.15, -0.1) is 12.4 Å². The summed E-state index contributed by atoms with van der Waals surface area (Å²) in [5, 5.41) is 8.79. The van der Waals surface area contributed by atoms with Crippen molar-refractivity contribution in [3.05, 3.63) is 40.2 Å². The molecule has 4 rings (SSSR count). The number of pyridine rings is 1. The van der Waals surface area contributed by atoms with Crippen LogP contribution in [0.25, 0.3) is 11.3 Å². The fourth-order valence-corrected chi connectivity index (χ4v) is 3.90. The summed E-state index contributed by atoms with van der Waals surface area (Å²) in [7, 11) is 4.20. The van der Waals surface area contributed by atoms with Crippen LogP contribution >= 0.6 is 12.4 Å². The first kappa shape index (κ1) is 21.0. The maximum Gasteiger partial charge on any atom is 0.511 e. The Balaban J connectivity index is 0.00000240. The molecule has 2 aliphatic rings. The molecule has 0 radical (unpaired) electrons. The molecule has 9 heteroatoms. The summed E-state index contributed by atoms with van der Waals surface area (Å²) < 4.78 is 10.6. The lowest BCUT2D eigenvalue weighted by Gasteiger charge is -2.28. The van der Waals surface area contributed by atoms with E-state index in [0.717, 1.165) is 30.8 Å². The molecule has 0 bridgehead atoms. The van der Waals surface area contributed by atoms with Gasteiger partial charge in [0, 0.05) is 42.0 Å². The van der Waals surface area contributed by atoms with Crippen molar-refractivity contribution in [2.75, 3.05) is 32.1 Å². The highest BCUT2D eigenvalue weighted by molar-refractivity contribution is 5.85. The molecule has 8 nitrogen and oxygen atoms in total. The Morgan fingerprint density at radius 2 is 2.10 bits per heavy atom. The van der Waals surface area contributed by atoms with Crippen LogP contribution < -0.4 is 19.9 Å². The fourth-order valence-electron chi connectivity index (χ4n) is 3.90. The first-order valence-corrected chi connectivity index (χ1v) is 9.24. The van der Waals surface area contributed by atoms with Gasteiger partial charge in [0.1, 0.15) is 11.9 Å². The minimum absolute atomic E-state index is 0. The summed E-state index contributed by atoms with van der Waals surface area (Å²) in [6.45, 7) is 3.81. The van der Waals surface area contributed by atoms with Crippen LogP contribution in [-0.4, -0.2) is 54.4 Å². The van der Waals surface area contributed by atoms with E-state index in [9.17, 15) is 9.59 Å². The average molecular weight is 422 g/mol. The summed E-state index contributed by atoms with van der Waals surface area (Å²) in [4.78, 5) is 30.3. The number of nitrogens with one attached hydrogen (secondary N) is 1. The Hall–Kier alpha value is -2.71. The number of benzene rings is 1. The lowest BCUT2D eigenvalue weighted by atomic mass is 9.97. The molecular weight excluding hydrogens is 398 g/mol. The van der Waals surface area contributed by atoms with Crippen LogP contribution in [0.1, 0.15) is 25.0 Å². The zero-order valence-corrected chi connectivity index (χ0v) is 17.3. The van der Waals surface area contributed by atoms with E-state index in [2.05, 4.69) is 33.6 Å². The quantitative estimate of drug-likeness (QED) is 0.735. The average Bonchev–Trinajstić information content (AvgIpc) is 3.12. The van der Waals surface area contributed by atoms with Crippen LogP contribution in [0, 0.1) is 0 Å². The molecule has 2 unspecified atom stereocenters. The Morgan fingerprint density at radius 3 is 2.76 bits per heavy atom. The zero-order valence-electron chi connectivity index (χ0n) is 16.5. The normalized spacial score (nSPS) is 19.8. The van der Waals surface area contributed by atoms with Crippen molar-refractivity contribution in [3.8, 4) is 22.8 Å². The van der Waals surface area contributed by atoms with Gasteiger partial charge in [0.15, 0.2) is 5.75 Å². The highest BCUT2D eigenvalue weighted by Crippen LogP contribution is 2.43. The number of aromatic amines is 1. The molecule has 1 aromatic heterocycles. The first-order valence-electron chi connectivity index (χ1n) is 9.24. The minimum Gasteiger partial charge on any atom is -0.485 e. The van der Waals surface area contributed by atoms with Gasteiger partial charge < -0.3 is 29.4 Å². The molecule has 1 saturated heterocycles. The van der Waals surface area contributed by atoms with Gasteiger partial charge in [0.2, 0.25) is 0 Å². The van der Waals surface area contributed by atoms with E-state index in [0.29, 0.717) is 23.0 Å². The van der Waals surface area contributed by atoms with Crippen molar-refractivity contribution in [1.82, 2.24) is 9.88 Å². The highest BCUT2D eigenvalue weighted by atomic mass is 35.5. The smallest absolute Gasteiger partial charge is 0.485 e. The number of carbonyl (C=O) groups is 1. The lowest BCUT2D eigenvalue weighted by Crippen LogP contribution is -2.31. The van der Waals surface area contributed by atoms with E-state index >= 15 is 0 Å². The Bertz CT molecular complexity index is 991. The third-order valence-corrected chi connectivity index (χ3v) is 5.47. The summed E-state index contributed by atoms with van der Waals surface area (Å²) in [5.41, 5.74) is 2.60. The molecule has 1 fully saturated rings. The van der Waals surface area contributed by atoms with Gasteiger partial charge >= 0.3 is 6.16 Å². The second kappa shape index (κ2) is 7.96. The lowest BCUT2D eigenvalue weighted by molar-refractivity contribution is 0.143. The van der Waals surface area contributed by atoms with Gasteiger partial charge in [-0.2, -0.15) is 0 Å². The van der Waals surface area contributed by atoms with Gasteiger partial charge in [-0.25, -0.2) is 4.79 Å². The zero-order chi connectivity index (χ0) is 20.0. The molecule has 3 heterocycles. The van der Waals surface area contributed by atoms with Crippen molar-refractivity contribution in [3.63, 3.8) is 0 Å². The number of likely N-dealkylation sites (N-methyl/N-ethyl adjacent to an activating group) is 1. The number of fused-ring (bicyclic) bond motifs is 3. The molecule has 29 heavy (non-hydrogen) atoms. The van der Waals surface area contributed by atoms with Gasteiger partial charge in [0.05, 0.1) is 5.69 Å². The number of hydrogen-bond donors (Lipinski definition) is 2. The standard InChI is InChI=1S/C20H23N3O5.ClH/c1-11-15-9-17(28-20(25)26)19(24)21-18(15)14-5-4-12(8-16(14)27-11)23-7-6-13(10-23)22(2)3;/h4-5,8-9,11,13H,6-7,10H2,1-3H3,(H,21,24)(H,25,26);1H. The molecule has 0 saturated carbocycles. The number of H-pyrrole nitrogens is 1. The van der Waals surface area contributed by atoms with Crippen molar-refractivity contribution < 1.29 is 19.4 Å². The minimum atomic E-state index is -1.53. The molecule has 2 atom stereocenters. The highest BCUT2D eigenvalue weighted by Gasteiger charge is 2.29. The summed E-state index contributed by atoms with van der Waals surface area (Å²) in [5.74, 6) is 0.446. The van der Waals surface area contributed by atoms with E-state index < -0.39 is 11.7 Å². The van der Waals surface area contributed by atoms with Crippen molar-refractivity contribution in [1.29, 1.82) is 0 Å². The number of rotatable bonds is 3. The number of nitrogens with zero attached hydrogens (tertiary/aromatic N) is 2. The SMILES string of the molecule is CC1Oc2cc(N3CCC(N(C)C)C3)ccc2-c2[nH]c(=O)c(OC(=O)O)cc21.Cl. The molecular formula is C20H24ClN3O5. The largest absolute Gasteiger partial charge is 0.511 e. The molecule has 0 aliphatic carbocycles. The summed E-state index contributed by atoms with van der Waals surface area (Å²) >= 11 is 0. The molecule has 156 valence electrons. The topological polar surface area (TPSA) is 95.1 Å². The third-order valence-electron chi connectivity index (χ3n) is 5.47. The number of ether oxygens (including phenoxy) is 2. The molecule has 2 aromatic rings. The second-order valence-electron chi connectivity index (χ2n) is 7.45. The van der Waals surface area contributed by atoms with Crippen molar-refractivity contribution >= 4 is 24.2 Å². The van der Waals surface area contributed by atoms with Crippen LogP contribution in [0.2, 0.25) is 0 Å². The first-order chi connectivity index (χ1) is 13.3. The maximum absolute atomic E-state index is 12.2. The van der Waals surface area contributed by atoms with Crippen molar-refractivity contribution in [2.24, 2.45) is 0 Å². The Morgan fingerprint density at radius 1 is 1.34 bits per heavy atom. The number of halogens is 1. The van der Waals surface area contributed by atoms with Crippen LogP contribution in [0.5, 0.6) is 11.5 Å². The number of anilines is 1.